The van der Waals surface area contributed by atoms with Crippen LogP contribution in [0.3, 0.4) is 0 Å². The van der Waals surface area contributed by atoms with Gasteiger partial charge in [-0.15, -0.1) is 0 Å². The largest absolute Gasteiger partial charge is 0.311 e. The van der Waals surface area contributed by atoms with Crippen molar-refractivity contribution in [2.75, 3.05) is 4.90 Å². The lowest BCUT2D eigenvalue weighted by Crippen LogP contribution is -2.28. The van der Waals surface area contributed by atoms with Crippen molar-refractivity contribution < 1.29 is 0 Å². The Bertz CT molecular complexity index is 3840. The summed E-state index contributed by atoms with van der Waals surface area (Å²) in [5, 5.41) is 0. The lowest BCUT2D eigenvalue weighted by atomic mass is 9.67. The fourth-order valence-electron chi connectivity index (χ4n) is 15.8. The van der Waals surface area contributed by atoms with Gasteiger partial charge in [-0.05, 0) is 211 Å². The molecule has 0 atom stereocenters. The maximum atomic E-state index is 2.52. The van der Waals surface area contributed by atoms with Gasteiger partial charge in [0.25, 0.3) is 0 Å². The van der Waals surface area contributed by atoms with Crippen molar-refractivity contribution in [1.82, 2.24) is 0 Å². The van der Waals surface area contributed by atoms with Crippen molar-refractivity contribution in [3.63, 3.8) is 0 Å². The first-order valence-electron chi connectivity index (χ1n) is 35.9. The van der Waals surface area contributed by atoms with E-state index in [4.69, 9.17) is 0 Å². The number of para-hydroxylation sites is 1. The van der Waals surface area contributed by atoms with E-state index in [1.165, 1.54) is 214 Å². The summed E-state index contributed by atoms with van der Waals surface area (Å²) in [5.41, 5.74) is 29.0. The van der Waals surface area contributed by atoms with Gasteiger partial charge in [0, 0.05) is 17.1 Å². The number of anilines is 3. The predicted octanol–water partition coefficient (Wildman–Crippen LogP) is 25.7. The second-order valence-corrected chi connectivity index (χ2v) is 26.9. The van der Waals surface area contributed by atoms with Crippen LogP contribution >= 0.6 is 0 Å². The van der Waals surface area contributed by atoms with Gasteiger partial charge >= 0.3 is 0 Å². The van der Waals surface area contributed by atoms with E-state index in [1.54, 1.807) is 0 Å². The predicted molar refractivity (Wildman–Crippen MR) is 398 cm³/mol. The quantitative estimate of drug-likeness (QED) is 0.0422. The molecule has 0 aromatic heterocycles. The summed E-state index contributed by atoms with van der Waals surface area (Å²) in [4.78, 5) is 2.41. The van der Waals surface area contributed by atoms with Crippen LogP contribution in [0.25, 0.3) is 44.5 Å². The van der Waals surface area contributed by atoms with Crippen LogP contribution in [-0.2, 0) is 36.5 Å². The van der Waals surface area contributed by atoms with Gasteiger partial charge in [0.1, 0.15) is 0 Å². The van der Waals surface area contributed by atoms with Gasteiger partial charge in [-0.2, -0.15) is 0 Å². The van der Waals surface area contributed by atoms with Crippen molar-refractivity contribution in [1.29, 1.82) is 0 Å². The molecule has 0 amide bonds. The first-order valence-corrected chi connectivity index (χ1v) is 35.9. The highest BCUT2D eigenvalue weighted by Gasteiger charge is 2.48. The van der Waals surface area contributed by atoms with Crippen LogP contribution in [-0.4, -0.2) is 0 Å². The highest BCUT2D eigenvalue weighted by Crippen LogP contribution is 2.59. The summed E-state index contributed by atoms with van der Waals surface area (Å²) in [6, 6.07) is 101. The minimum Gasteiger partial charge on any atom is -0.311 e. The molecule has 0 radical (unpaired) electrons. The fourth-order valence-corrected chi connectivity index (χ4v) is 15.8. The van der Waals surface area contributed by atoms with Gasteiger partial charge < -0.3 is 4.90 Å². The molecule has 11 aromatic carbocycles. The van der Waals surface area contributed by atoms with Crippen LogP contribution in [0, 0.1) is 0 Å². The van der Waals surface area contributed by atoms with Gasteiger partial charge in [-0.3, -0.25) is 0 Å². The van der Waals surface area contributed by atoms with E-state index in [9.17, 15) is 0 Å². The molecule has 2 aliphatic rings. The standard InChI is InChI=1S/C92H95N/c1-5-9-13-18-28-68-38-52-76(53-39-68)91(77-54-40-69(41-55-77)29-19-14-10-6-2)87-36-26-24-34-83(87)85-64-50-74(66-89(85)91)72-46-60-81(61-47-72)93(80-32-22-17-23-33-80)82-62-48-73(49-63-82)75-51-65-86-84-35-25-27-37-88(84)92(90(86)67-75,78-56-42-70(43-57-78)30-20-15-11-7-3)79-58-44-71(45-59-79)31-21-16-12-8-4/h17,22-27,32-67H,5-16,18-21,28-31H2,1-4H3. The highest BCUT2D eigenvalue weighted by molar-refractivity contribution is 5.91. The van der Waals surface area contributed by atoms with E-state index >= 15 is 0 Å². The number of unbranched alkanes of at least 4 members (excludes halogenated alkanes) is 12. The van der Waals surface area contributed by atoms with Crippen molar-refractivity contribution >= 4 is 17.1 Å². The normalized spacial score (nSPS) is 13.1. The second-order valence-electron chi connectivity index (χ2n) is 26.9. The Kier molecular flexibility index (Phi) is 19.9. The van der Waals surface area contributed by atoms with Crippen LogP contribution in [0.2, 0.25) is 0 Å². The monoisotopic (exact) mass is 1210 g/mol. The smallest absolute Gasteiger partial charge is 0.0713 e. The zero-order valence-corrected chi connectivity index (χ0v) is 55.9. The minimum absolute atomic E-state index is 0.480. The van der Waals surface area contributed by atoms with E-state index < -0.39 is 10.8 Å². The molecular formula is C92H95N. The third-order valence-electron chi connectivity index (χ3n) is 20.8. The third-order valence-corrected chi connectivity index (χ3v) is 20.8. The number of aryl methyl sites for hydroxylation is 4. The van der Waals surface area contributed by atoms with Crippen molar-refractivity contribution in [2.45, 2.75) is 167 Å². The zero-order chi connectivity index (χ0) is 63.4. The number of hydrogen-bond donors (Lipinski definition) is 0. The SMILES string of the molecule is CCCCCCc1ccc(C2(c3ccc(CCCCCC)cc3)c3ccccc3-c3ccc(-c4ccc(N(c5ccccc5)c5ccc(-c6ccc7c(c6)C(c6ccc(CCCCCC)cc6)(c6ccc(CCCCCC)cc6)c6ccccc6-7)cc5)cc4)cc32)cc1. The number of rotatable bonds is 29. The van der Waals surface area contributed by atoms with Crippen molar-refractivity contribution in [2.24, 2.45) is 0 Å². The molecule has 1 nitrogen and oxygen atoms in total. The summed E-state index contributed by atoms with van der Waals surface area (Å²) >= 11 is 0. The highest BCUT2D eigenvalue weighted by atomic mass is 15.1. The maximum absolute atomic E-state index is 2.52. The van der Waals surface area contributed by atoms with Crippen molar-refractivity contribution in [3.8, 4) is 44.5 Å². The fraction of sp³-hybridized carbons (Fsp3) is 0.283. The van der Waals surface area contributed by atoms with Crippen molar-refractivity contribution in [3.05, 3.63) is 328 Å². The van der Waals surface area contributed by atoms with Gasteiger partial charge in [0.05, 0.1) is 10.8 Å². The Labute approximate surface area is 557 Å². The van der Waals surface area contributed by atoms with E-state index in [2.05, 4.69) is 293 Å². The minimum atomic E-state index is -0.480. The molecule has 0 aliphatic heterocycles. The number of benzene rings is 11. The third kappa shape index (κ3) is 12.8. The number of fused-ring (bicyclic) bond motifs is 6. The molecule has 468 valence electrons. The molecule has 0 saturated carbocycles. The molecule has 13 rings (SSSR count). The molecule has 0 fully saturated rings. The zero-order valence-electron chi connectivity index (χ0n) is 55.9. The van der Waals surface area contributed by atoms with Crippen LogP contribution in [0.5, 0.6) is 0 Å². The summed E-state index contributed by atoms with van der Waals surface area (Å²) in [6.45, 7) is 9.19. The Balaban J connectivity index is 0.844. The summed E-state index contributed by atoms with van der Waals surface area (Å²) in [5.74, 6) is 0. The summed E-state index contributed by atoms with van der Waals surface area (Å²) in [6.07, 6.45) is 24.8. The number of hydrogen-bond acceptors (Lipinski definition) is 1. The van der Waals surface area contributed by atoms with Gasteiger partial charge in [0.2, 0.25) is 0 Å². The average Bonchev–Trinajstić information content (AvgIpc) is 1.58. The van der Waals surface area contributed by atoms with Crippen LogP contribution in [0.1, 0.15) is 197 Å². The summed E-state index contributed by atoms with van der Waals surface area (Å²) in [7, 11) is 0. The van der Waals surface area contributed by atoms with Crippen LogP contribution < -0.4 is 4.90 Å². The topological polar surface area (TPSA) is 3.24 Å². The van der Waals surface area contributed by atoms with Gasteiger partial charge in [-0.1, -0.05) is 317 Å². The molecule has 0 saturated heterocycles. The maximum Gasteiger partial charge on any atom is 0.0713 e. The molecule has 93 heavy (non-hydrogen) atoms. The van der Waals surface area contributed by atoms with E-state index in [-0.39, 0.29) is 0 Å². The first-order chi connectivity index (χ1) is 46.0. The molecule has 11 aromatic rings. The van der Waals surface area contributed by atoms with E-state index in [0.29, 0.717) is 0 Å². The molecule has 0 spiro atoms. The van der Waals surface area contributed by atoms with Crippen LogP contribution in [0.4, 0.5) is 17.1 Å². The Hall–Kier alpha value is -8.78. The summed E-state index contributed by atoms with van der Waals surface area (Å²) < 4.78 is 0. The molecule has 0 bridgehead atoms. The Morgan fingerprint density at radius 2 is 0.505 bits per heavy atom. The second kappa shape index (κ2) is 29.4. The molecular weight excluding hydrogens is 1120 g/mol. The van der Waals surface area contributed by atoms with Gasteiger partial charge in [-0.25, -0.2) is 0 Å². The average molecular weight is 1210 g/mol. The molecule has 0 heterocycles. The number of nitrogens with zero attached hydrogens (tertiary/aromatic N) is 1. The van der Waals surface area contributed by atoms with Crippen LogP contribution in [0.15, 0.2) is 261 Å². The van der Waals surface area contributed by atoms with E-state index in [1.807, 2.05) is 0 Å². The Morgan fingerprint density at radius 3 is 0.828 bits per heavy atom. The molecule has 2 aliphatic carbocycles. The lowest BCUT2D eigenvalue weighted by molar-refractivity contribution is 0.666. The molecule has 0 N–H and O–H groups in total. The Morgan fingerprint density at radius 1 is 0.226 bits per heavy atom. The molecule has 1 heteroatoms. The lowest BCUT2D eigenvalue weighted by Gasteiger charge is -2.34. The van der Waals surface area contributed by atoms with E-state index in [0.717, 1.165) is 42.7 Å². The first kappa shape index (κ1) is 63.0. The molecule has 0 unspecified atom stereocenters. The van der Waals surface area contributed by atoms with Gasteiger partial charge in [0.15, 0.2) is 0 Å².